The van der Waals surface area contributed by atoms with Crippen LogP contribution < -0.4 is 10.1 Å². The molecule has 1 saturated heterocycles. The maximum absolute atomic E-state index is 14.6. The van der Waals surface area contributed by atoms with Gasteiger partial charge in [0, 0.05) is 36.7 Å². The van der Waals surface area contributed by atoms with Gasteiger partial charge in [-0.3, -0.25) is 4.79 Å². The summed E-state index contributed by atoms with van der Waals surface area (Å²) in [5.74, 6) is -3.34. The largest absolute Gasteiger partial charge is 0.497 e. The van der Waals surface area contributed by atoms with Crippen LogP contribution >= 0.6 is 0 Å². The zero-order valence-electron chi connectivity index (χ0n) is 16.3. The van der Waals surface area contributed by atoms with Gasteiger partial charge in [0.15, 0.2) is 0 Å². The minimum absolute atomic E-state index is 0.00272. The van der Waals surface area contributed by atoms with Crippen LogP contribution in [-0.4, -0.2) is 54.9 Å². The lowest BCUT2D eigenvalue weighted by molar-refractivity contribution is -0.129. The zero-order valence-corrected chi connectivity index (χ0v) is 16.3. The molecule has 1 aliphatic heterocycles. The van der Waals surface area contributed by atoms with E-state index in [2.05, 4.69) is 5.32 Å². The second-order valence-electron chi connectivity index (χ2n) is 6.80. The summed E-state index contributed by atoms with van der Waals surface area (Å²) >= 11 is 0. The molecule has 9 heteroatoms. The van der Waals surface area contributed by atoms with Gasteiger partial charge in [-0.15, -0.1) is 0 Å². The number of hydrogen-bond donors (Lipinski definition) is 2. The molecule has 2 aromatic rings. The van der Waals surface area contributed by atoms with E-state index in [0.29, 0.717) is 0 Å². The smallest absolute Gasteiger partial charge is 0.408 e. The normalized spacial score (nSPS) is 18.4. The van der Waals surface area contributed by atoms with Crippen LogP contribution in [0.1, 0.15) is 17.0 Å². The second kappa shape index (κ2) is 9.53. The Bertz CT molecular complexity index is 887. The number of benzene rings is 2. The molecule has 1 fully saturated rings. The van der Waals surface area contributed by atoms with Gasteiger partial charge in [0.1, 0.15) is 30.0 Å². The lowest BCUT2D eigenvalue weighted by atomic mass is 9.93. The molecule has 1 heterocycles. The van der Waals surface area contributed by atoms with Crippen LogP contribution in [-0.2, 0) is 16.1 Å². The monoisotopic (exact) mass is 420 g/mol. The van der Waals surface area contributed by atoms with Crippen molar-refractivity contribution in [2.24, 2.45) is 0 Å². The average molecular weight is 420 g/mol. The fourth-order valence-corrected chi connectivity index (χ4v) is 3.47. The van der Waals surface area contributed by atoms with E-state index < -0.39 is 35.6 Å². The molecule has 0 saturated carbocycles. The number of amides is 2. The molecule has 0 radical (unpaired) electrons. The second-order valence-corrected chi connectivity index (χ2v) is 6.80. The molecule has 160 valence electrons. The molecule has 3 rings (SSSR count). The molecule has 2 aromatic carbocycles. The first-order valence-electron chi connectivity index (χ1n) is 9.34. The van der Waals surface area contributed by atoms with E-state index in [9.17, 15) is 23.5 Å². The van der Waals surface area contributed by atoms with Gasteiger partial charge in [0.25, 0.3) is 0 Å². The van der Waals surface area contributed by atoms with Crippen molar-refractivity contribution in [3.63, 3.8) is 0 Å². The Hall–Kier alpha value is -3.20. The SMILES string of the molecule is COc1cc(F)c([C@@H]2CN(CCO)C(=O)[C@H]2NC(=O)OCc2ccccc2)c(F)c1. The van der Waals surface area contributed by atoms with Crippen LogP contribution in [0.4, 0.5) is 13.6 Å². The van der Waals surface area contributed by atoms with Crippen LogP contribution in [0.5, 0.6) is 5.75 Å². The van der Waals surface area contributed by atoms with Crippen LogP contribution in [0.2, 0.25) is 0 Å². The van der Waals surface area contributed by atoms with Crippen LogP contribution in [0.15, 0.2) is 42.5 Å². The first kappa shape index (κ1) is 21.5. The molecule has 30 heavy (non-hydrogen) atoms. The van der Waals surface area contributed by atoms with Gasteiger partial charge >= 0.3 is 6.09 Å². The molecule has 2 atom stereocenters. The van der Waals surface area contributed by atoms with Crippen molar-refractivity contribution >= 4 is 12.0 Å². The number of carbonyl (C=O) groups is 2. The summed E-state index contributed by atoms with van der Waals surface area (Å²) in [7, 11) is 1.28. The third-order valence-corrected chi connectivity index (χ3v) is 4.91. The molecule has 0 bridgehead atoms. The first-order chi connectivity index (χ1) is 14.4. The Morgan fingerprint density at radius 1 is 1.23 bits per heavy atom. The minimum Gasteiger partial charge on any atom is -0.497 e. The Morgan fingerprint density at radius 3 is 2.50 bits per heavy atom. The molecular weight excluding hydrogens is 398 g/mol. The van der Waals surface area contributed by atoms with Gasteiger partial charge in [0.05, 0.1) is 13.7 Å². The number of ether oxygens (including phenoxy) is 2. The van der Waals surface area contributed by atoms with E-state index in [-0.39, 0.29) is 37.6 Å². The van der Waals surface area contributed by atoms with E-state index in [0.717, 1.165) is 17.7 Å². The number of nitrogens with zero attached hydrogens (tertiary/aromatic N) is 1. The van der Waals surface area contributed by atoms with Gasteiger partial charge in [-0.05, 0) is 5.56 Å². The lowest BCUT2D eigenvalue weighted by Crippen LogP contribution is -2.44. The van der Waals surface area contributed by atoms with E-state index in [4.69, 9.17) is 9.47 Å². The number of carbonyl (C=O) groups excluding carboxylic acids is 2. The number of rotatable bonds is 7. The molecule has 2 N–H and O–H groups in total. The molecule has 0 unspecified atom stereocenters. The predicted octanol–water partition coefficient (Wildman–Crippen LogP) is 2.19. The van der Waals surface area contributed by atoms with Gasteiger partial charge in [-0.2, -0.15) is 0 Å². The summed E-state index contributed by atoms with van der Waals surface area (Å²) in [5.41, 5.74) is 0.411. The Labute approximate surface area is 172 Å². The molecule has 0 aliphatic carbocycles. The number of aliphatic hydroxyl groups is 1. The number of hydrogen-bond acceptors (Lipinski definition) is 5. The molecule has 0 aromatic heterocycles. The zero-order chi connectivity index (χ0) is 21.7. The molecule has 0 spiro atoms. The topological polar surface area (TPSA) is 88.1 Å². The summed E-state index contributed by atoms with van der Waals surface area (Å²) < 4.78 is 39.3. The summed E-state index contributed by atoms with van der Waals surface area (Å²) in [6.07, 6.45) is -0.887. The number of nitrogens with one attached hydrogen (secondary N) is 1. The number of halogens is 2. The van der Waals surface area contributed by atoms with Crippen LogP contribution in [0.25, 0.3) is 0 Å². The maximum Gasteiger partial charge on any atom is 0.408 e. The summed E-state index contributed by atoms with van der Waals surface area (Å²) in [6, 6.07) is 9.72. The average Bonchev–Trinajstić information content (AvgIpc) is 3.02. The standard InChI is InChI=1S/C21H22F2N2O5/c1-29-14-9-16(22)18(17(23)10-14)15-11-25(7-8-26)20(27)19(15)24-21(28)30-12-13-5-3-2-4-6-13/h2-6,9-10,15,19,26H,7-8,11-12H2,1H3,(H,24,28)/t15-,19-/m0/s1. The van der Waals surface area contributed by atoms with Crippen molar-refractivity contribution in [2.75, 3.05) is 26.8 Å². The van der Waals surface area contributed by atoms with Crippen molar-refractivity contribution in [1.29, 1.82) is 0 Å². The van der Waals surface area contributed by atoms with E-state index >= 15 is 0 Å². The highest BCUT2D eigenvalue weighted by Gasteiger charge is 2.44. The highest BCUT2D eigenvalue weighted by atomic mass is 19.1. The highest BCUT2D eigenvalue weighted by Crippen LogP contribution is 2.34. The minimum atomic E-state index is -1.24. The Balaban J connectivity index is 1.80. The van der Waals surface area contributed by atoms with Crippen molar-refractivity contribution in [2.45, 2.75) is 18.6 Å². The fourth-order valence-electron chi connectivity index (χ4n) is 3.47. The number of methoxy groups -OCH3 is 1. The van der Waals surface area contributed by atoms with Crippen LogP contribution in [0, 0.1) is 11.6 Å². The summed E-state index contributed by atoms with van der Waals surface area (Å²) in [6.45, 7) is -0.434. The molecule has 1 aliphatic rings. The van der Waals surface area contributed by atoms with Gasteiger partial charge < -0.3 is 24.8 Å². The van der Waals surface area contributed by atoms with Gasteiger partial charge in [-0.1, -0.05) is 30.3 Å². The van der Waals surface area contributed by atoms with Gasteiger partial charge in [0.2, 0.25) is 5.91 Å². The summed E-state index contributed by atoms with van der Waals surface area (Å²) in [4.78, 5) is 26.2. The van der Waals surface area contributed by atoms with E-state index in [1.165, 1.54) is 12.0 Å². The number of likely N-dealkylation sites (tertiary alicyclic amines) is 1. The van der Waals surface area contributed by atoms with Crippen molar-refractivity contribution in [1.82, 2.24) is 10.2 Å². The summed E-state index contributed by atoms with van der Waals surface area (Å²) in [5, 5.41) is 11.6. The fraction of sp³-hybridized carbons (Fsp3) is 0.333. The third kappa shape index (κ3) is 4.68. The van der Waals surface area contributed by atoms with Crippen molar-refractivity contribution in [3.05, 3.63) is 65.2 Å². The first-order valence-corrected chi connectivity index (χ1v) is 9.34. The van der Waals surface area contributed by atoms with Gasteiger partial charge in [-0.25, -0.2) is 13.6 Å². The van der Waals surface area contributed by atoms with Crippen molar-refractivity contribution in [3.8, 4) is 5.75 Å². The van der Waals surface area contributed by atoms with Crippen molar-refractivity contribution < 1.29 is 33.0 Å². The lowest BCUT2D eigenvalue weighted by Gasteiger charge is -2.20. The highest BCUT2D eigenvalue weighted by molar-refractivity contribution is 5.89. The third-order valence-electron chi connectivity index (χ3n) is 4.91. The Kier molecular flexibility index (Phi) is 6.83. The van der Waals surface area contributed by atoms with E-state index in [1.807, 2.05) is 6.07 Å². The number of alkyl carbamates (subject to hydrolysis) is 1. The number of β-amino-alcohol motifs (C(OH)–C–C–N with tert-alkyl or cyclic N) is 1. The molecule has 7 nitrogen and oxygen atoms in total. The molecular formula is C21H22F2N2O5. The quantitative estimate of drug-likeness (QED) is 0.717. The maximum atomic E-state index is 14.6. The Morgan fingerprint density at radius 2 is 1.90 bits per heavy atom. The van der Waals surface area contributed by atoms with Crippen LogP contribution in [0.3, 0.4) is 0 Å². The predicted molar refractivity (Wildman–Crippen MR) is 103 cm³/mol. The van der Waals surface area contributed by atoms with E-state index in [1.54, 1.807) is 24.3 Å². The number of aliphatic hydroxyl groups excluding tert-OH is 1. The molecule has 2 amide bonds.